The van der Waals surface area contributed by atoms with Gasteiger partial charge in [-0.1, -0.05) is 47.5 Å². The Morgan fingerprint density at radius 3 is 1.91 bits per heavy atom. The summed E-state index contributed by atoms with van der Waals surface area (Å²) in [6, 6.07) is 17.1. The summed E-state index contributed by atoms with van der Waals surface area (Å²) < 4.78 is 49.2. The second kappa shape index (κ2) is 10.6. The normalized spacial score (nSPS) is 12.7. The first-order valence-corrected chi connectivity index (χ1v) is 14.9. The van der Waals surface area contributed by atoms with Gasteiger partial charge >= 0.3 is 0 Å². The van der Waals surface area contributed by atoms with Crippen LogP contribution in [-0.2, 0) is 26.4 Å². The number of halogens is 2. The van der Waals surface area contributed by atoms with Crippen molar-refractivity contribution in [1.29, 1.82) is 0 Å². The maximum Gasteiger partial charge on any atom is 0.251 e. The van der Waals surface area contributed by atoms with Crippen molar-refractivity contribution in [2.75, 3.05) is 16.8 Å². The SMILES string of the molecule is C[C@H](NC(=O)c1ccc(CN(c2cc(Cl)cc(Cl)c2)S(C)(=O)=O)cc1)c1ccc(S(C)(=O)=O)cc1. The van der Waals surface area contributed by atoms with Crippen LogP contribution >= 0.6 is 23.2 Å². The van der Waals surface area contributed by atoms with Gasteiger partial charge in [0, 0.05) is 21.9 Å². The minimum atomic E-state index is -3.64. The maximum absolute atomic E-state index is 12.7. The minimum Gasteiger partial charge on any atom is -0.346 e. The smallest absolute Gasteiger partial charge is 0.251 e. The molecule has 0 heterocycles. The fourth-order valence-corrected chi connectivity index (χ4v) is 5.39. The van der Waals surface area contributed by atoms with Crippen LogP contribution in [0.15, 0.2) is 71.6 Å². The molecule has 0 aliphatic carbocycles. The Hall–Kier alpha value is -2.59. The highest BCUT2D eigenvalue weighted by Gasteiger charge is 2.20. The van der Waals surface area contributed by atoms with E-state index < -0.39 is 19.9 Å². The van der Waals surface area contributed by atoms with E-state index in [0.29, 0.717) is 26.9 Å². The summed E-state index contributed by atoms with van der Waals surface area (Å²) in [4.78, 5) is 12.9. The Bertz CT molecular complexity index is 1420. The number of carbonyl (C=O) groups excluding carboxylic acids is 1. The molecule has 0 saturated heterocycles. The van der Waals surface area contributed by atoms with Gasteiger partial charge in [-0.25, -0.2) is 16.8 Å². The molecule has 1 amide bonds. The number of sulfone groups is 1. The van der Waals surface area contributed by atoms with E-state index in [0.717, 1.165) is 18.1 Å². The average Bonchev–Trinajstić information content (AvgIpc) is 2.75. The van der Waals surface area contributed by atoms with Crippen LogP contribution in [0.5, 0.6) is 0 Å². The molecule has 0 spiro atoms. The van der Waals surface area contributed by atoms with E-state index in [-0.39, 0.29) is 23.4 Å². The molecule has 186 valence electrons. The van der Waals surface area contributed by atoms with Gasteiger partial charge in [0.25, 0.3) is 5.91 Å². The van der Waals surface area contributed by atoms with E-state index in [2.05, 4.69) is 5.32 Å². The monoisotopic (exact) mass is 554 g/mol. The molecule has 3 aromatic carbocycles. The lowest BCUT2D eigenvalue weighted by Crippen LogP contribution is -2.29. The highest BCUT2D eigenvalue weighted by atomic mass is 35.5. The molecule has 0 saturated carbocycles. The summed E-state index contributed by atoms with van der Waals surface area (Å²) in [7, 11) is -6.93. The lowest BCUT2D eigenvalue weighted by atomic mass is 10.1. The number of sulfonamides is 1. The highest BCUT2D eigenvalue weighted by molar-refractivity contribution is 7.92. The van der Waals surface area contributed by atoms with Gasteiger partial charge in [0.15, 0.2) is 9.84 Å². The summed E-state index contributed by atoms with van der Waals surface area (Å²) in [6.07, 6.45) is 2.23. The van der Waals surface area contributed by atoms with Crippen molar-refractivity contribution in [3.63, 3.8) is 0 Å². The summed E-state index contributed by atoms with van der Waals surface area (Å²) in [6.45, 7) is 1.82. The molecule has 0 aliphatic heterocycles. The predicted molar refractivity (Wildman–Crippen MR) is 139 cm³/mol. The molecule has 1 N–H and O–H groups in total. The van der Waals surface area contributed by atoms with Crippen LogP contribution in [0.4, 0.5) is 5.69 Å². The first-order valence-electron chi connectivity index (χ1n) is 10.4. The molecule has 0 aromatic heterocycles. The van der Waals surface area contributed by atoms with Crippen LogP contribution in [0.2, 0.25) is 10.0 Å². The zero-order valence-corrected chi connectivity index (χ0v) is 22.3. The fourth-order valence-electron chi connectivity index (χ4n) is 3.38. The Morgan fingerprint density at radius 1 is 0.886 bits per heavy atom. The number of hydrogen-bond acceptors (Lipinski definition) is 5. The van der Waals surface area contributed by atoms with Gasteiger partial charge in [0.2, 0.25) is 10.0 Å². The van der Waals surface area contributed by atoms with Crippen molar-refractivity contribution < 1.29 is 21.6 Å². The van der Waals surface area contributed by atoms with Crippen molar-refractivity contribution in [2.24, 2.45) is 0 Å². The van der Waals surface area contributed by atoms with Gasteiger partial charge in [0.05, 0.1) is 29.4 Å². The topological polar surface area (TPSA) is 101 Å². The molecule has 0 aliphatic rings. The van der Waals surface area contributed by atoms with Crippen molar-refractivity contribution >= 4 is 54.7 Å². The number of anilines is 1. The summed E-state index contributed by atoms with van der Waals surface area (Å²) >= 11 is 12.1. The van der Waals surface area contributed by atoms with Crippen molar-refractivity contribution in [2.45, 2.75) is 24.4 Å². The number of nitrogens with zero attached hydrogens (tertiary/aromatic N) is 1. The molecule has 35 heavy (non-hydrogen) atoms. The average molecular weight is 556 g/mol. The number of nitrogens with one attached hydrogen (secondary N) is 1. The second-order valence-electron chi connectivity index (χ2n) is 8.13. The van der Waals surface area contributed by atoms with E-state index in [4.69, 9.17) is 23.2 Å². The van der Waals surface area contributed by atoms with E-state index in [1.807, 2.05) is 0 Å². The van der Waals surface area contributed by atoms with Crippen LogP contribution in [0.1, 0.15) is 34.5 Å². The van der Waals surface area contributed by atoms with Crippen LogP contribution < -0.4 is 9.62 Å². The lowest BCUT2D eigenvalue weighted by Gasteiger charge is -2.23. The molecular formula is C24H24Cl2N2O5S2. The van der Waals surface area contributed by atoms with Crippen molar-refractivity contribution in [3.05, 3.63) is 93.5 Å². The van der Waals surface area contributed by atoms with Gasteiger partial charge in [-0.2, -0.15) is 0 Å². The molecule has 0 fully saturated rings. The van der Waals surface area contributed by atoms with Crippen molar-refractivity contribution in [3.8, 4) is 0 Å². The molecule has 3 rings (SSSR count). The summed E-state index contributed by atoms with van der Waals surface area (Å²) in [5.41, 5.74) is 2.14. The van der Waals surface area contributed by atoms with Gasteiger partial charge in [0.1, 0.15) is 0 Å². The van der Waals surface area contributed by atoms with Gasteiger partial charge in [-0.15, -0.1) is 0 Å². The molecule has 11 heteroatoms. The third-order valence-electron chi connectivity index (χ3n) is 5.23. The standard InChI is InChI=1S/C24H24Cl2N2O5S2/c1-16(18-8-10-23(11-9-18)34(2,30)31)27-24(29)19-6-4-17(5-7-19)15-28(35(3,32)33)22-13-20(25)12-21(26)14-22/h4-14,16H,15H2,1-3H3,(H,27,29)/t16-/m0/s1. The Balaban J connectivity index is 1.73. The van der Waals surface area contributed by atoms with Crippen LogP contribution in [-0.4, -0.2) is 35.3 Å². The van der Waals surface area contributed by atoms with Crippen molar-refractivity contribution in [1.82, 2.24) is 5.32 Å². The van der Waals surface area contributed by atoms with Gasteiger partial charge < -0.3 is 5.32 Å². The fraction of sp³-hybridized carbons (Fsp3) is 0.208. The van der Waals surface area contributed by atoms with Gasteiger partial charge in [-0.05, 0) is 60.5 Å². The molecular weight excluding hydrogens is 531 g/mol. The largest absolute Gasteiger partial charge is 0.346 e. The molecule has 0 unspecified atom stereocenters. The molecule has 3 aromatic rings. The van der Waals surface area contributed by atoms with Gasteiger partial charge in [-0.3, -0.25) is 9.10 Å². The quantitative estimate of drug-likeness (QED) is 0.428. The molecule has 0 bridgehead atoms. The summed E-state index contributed by atoms with van der Waals surface area (Å²) in [5, 5.41) is 3.50. The number of carbonyl (C=O) groups is 1. The number of amides is 1. The maximum atomic E-state index is 12.7. The van der Waals surface area contributed by atoms with E-state index in [9.17, 15) is 21.6 Å². The third kappa shape index (κ3) is 7.20. The molecule has 0 radical (unpaired) electrons. The number of hydrogen-bond donors (Lipinski definition) is 1. The highest BCUT2D eigenvalue weighted by Crippen LogP contribution is 2.28. The third-order valence-corrected chi connectivity index (χ3v) is 7.94. The van der Waals surface area contributed by atoms with E-state index in [1.165, 1.54) is 34.6 Å². The molecule has 7 nitrogen and oxygen atoms in total. The summed E-state index contributed by atoms with van der Waals surface area (Å²) in [5.74, 6) is -0.321. The minimum absolute atomic E-state index is 0.0283. The Morgan fingerprint density at radius 2 is 1.43 bits per heavy atom. The zero-order chi connectivity index (χ0) is 26.0. The number of benzene rings is 3. The predicted octanol–water partition coefficient (Wildman–Crippen LogP) is 4.85. The molecule has 1 atom stereocenters. The lowest BCUT2D eigenvalue weighted by molar-refractivity contribution is 0.0940. The van der Waals surface area contributed by atoms with Crippen LogP contribution in [0.3, 0.4) is 0 Å². The number of rotatable bonds is 8. The Kier molecular flexibility index (Phi) is 8.16. The van der Waals surface area contributed by atoms with Crippen LogP contribution in [0.25, 0.3) is 0 Å². The first kappa shape index (κ1) is 27.0. The van der Waals surface area contributed by atoms with E-state index >= 15 is 0 Å². The Labute approximate surface area is 215 Å². The van der Waals surface area contributed by atoms with Crippen LogP contribution in [0, 0.1) is 0 Å². The second-order valence-corrected chi connectivity index (χ2v) is 12.9. The zero-order valence-electron chi connectivity index (χ0n) is 19.2. The first-order chi connectivity index (χ1) is 16.2. The van der Waals surface area contributed by atoms with E-state index in [1.54, 1.807) is 43.3 Å².